The van der Waals surface area contributed by atoms with E-state index >= 15 is 0 Å². The van der Waals surface area contributed by atoms with Crippen molar-refractivity contribution in [3.05, 3.63) is 40.5 Å². The number of esters is 1. The first-order chi connectivity index (χ1) is 17.2. The normalized spacial score (nSPS) is 15.4. The van der Waals surface area contributed by atoms with Crippen LogP contribution in [0.2, 0.25) is 0 Å². The van der Waals surface area contributed by atoms with Gasteiger partial charge in [-0.25, -0.2) is 4.79 Å². The lowest BCUT2D eigenvalue weighted by Crippen LogP contribution is -2.26. The van der Waals surface area contributed by atoms with Crippen LogP contribution in [0.5, 0.6) is 0 Å². The van der Waals surface area contributed by atoms with Gasteiger partial charge in [0.05, 0.1) is 17.9 Å². The first-order valence-corrected chi connectivity index (χ1v) is 14.1. The van der Waals surface area contributed by atoms with E-state index in [9.17, 15) is 9.59 Å². The van der Waals surface area contributed by atoms with Crippen molar-refractivity contribution in [3.63, 3.8) is 0 Å². The molecule has 0 saturated carbocycles. The Morgan fingerprint density at radius 1 is 1.22 bits per heavy atom. The molecule has 8 nitrogen and oxygen atoms in total. The summed E-state index contributed by atoms with van der Waals surface area (Å²) in [6.07, 6.45) is 6.20. The number of hydrogen-bond acceptors (Lipinski definition) is 8. The molecule has 0 aliphatic heterocycles. The molecule has 0 fully saturated rings. The molecule has 3 aromatic heterocycles. The van der Waals surface area contributed by atoms with Crippen molar-refractivity contribution in [2.45, 2.75) is 65.6 Å². The van der Waals surface area contributed by atoms with E-state index < -0.39 is 0 Å². The number of ether oxygens (including phenoxy) is 1. The molecule has 4 rings (SSSR count). The number of aromatic nitrogens is 4. The number of nitrogens with zero attached hydrogens (tertiary/aromatic N) is 4. The smallest absolute Gasteiger partial charge is 0.341 e. The second-order valence-electron chi connectivity index (χ2n) is 9.86. The molecular weight excluding hydrogens is 494 g/mol. The van der Waals surface area contributed by atoms with Crippen LogP contribution in [-0.2, 0) is 28.9 Å². The van der Waals surface area contributed by atoms with Crippen LogP contribution in [0, 0.1) is 11.3 Å². The lowest BCUT2D eigenvalue weighted by molar-refractivity contribution is -0.113. The molecule has 0 bridgehead atoms. The molecule has 0 saturated heterocycles. The van der Waals surface area contributed by atoms with Crippen molar-refractivity contribution in [2.24, 2.45) is 11.3 Å². The second-order valence-corrected chi connectivity index (χ2v) is 11.9. The SMILES string of the molecule is CCOC(=O)c1c(NC(=O)CSc2nnc(-c3ccncc3)n2CC)sc2c1CCC(C(C)(C)C)C2. The minimum atomic E-state index is -0.361. The Kier molecular flexibility index (Phi) is 8.14. The average molecular weight is 528 g/mol. The van der Waals surface area contributed by atoms with Gasteiger partial charge < -0.3 is 14.6 Å². The van der Waals surface area contributed by atoms with Crippen LogP contribution in [0.15, 0.2) is 29.7 Å². The number of anilines is 1. The minimum absolute atomic E-state index is 0.157. The molecule has 192 valence electrons. The third-order valence-electron chi connectivity index (χ3n) is 6.53. The lowest BCUT2D eigenvalue weighted by atomic mass is 9.72. The van der Waals surface area contributed by atoms with Crippen LogP contribution in [-0.4, -0.2) is 44.0 Å². The van der Waals surface area contributed by atoms with Gasteiger partial charge in [-0.05, 0) is 62.1 Å². The van der Waals surface area contributed by atoms with Gasteiger partial charge >= 0.3 is 5.97 Å². The standard InChI is InChI=1S/C26H33N5O3S2/c1-6-31-22(16-10-12-27-13-11-16)29-30-25(31)35-15-20(32)28-23-21(24(33)34-7-2)18-9-8-17(26(3,4)5)14-19(18)36-23/h10-13,17H,6-9,14-15H2,1-5H3,(H,28,32). The first-order valence-electron chi connectivity index (χ1n) is 12.3. The van der Waals surface area contributed by atoms with Crippen molar-refractivity contribution >= 4 is 40.0 Å². The Morgan fingerprint density at radius 2 is 1.97 bits per heavy atom. The van der Waals surface area contributed by atoms with Crippen molar-refractivity contribution < 1.29 is 14.3 Å². The van der Waals surface area contributed by atoms with Crippen molar-refractivity contribution in [1.82, 2.24) is 19.7 Å². The molecule has 1 amide bonds. The highest BCUT2D eigenvalue weighted by Crippen LogP contribution is 2.44. The first kappa shape index (κ1) is 26.3. The number of amides is 1. The molecule has 0 radical (unpaired) electrons. The molecule has 3 aromatic rings. The Bertz CT molecular complexity index is 1230. The summed E-state index contributed by atoms with van der Waals surface area (Å²) < 4.78 is 7.34. The summed E-state index contributed by atoms with van der Waals surface area (Å²) in [6.45, 7) is 11.6. The molecule has 1 aliphatic rings. The Morgan fingerprint density at radius 3 is 2.64 bits per heavy atom. The van der Waals surface area contributed by atoms with Crippen LogP contribution in [0.3, 0.4) is 0 Å². The average Bonchev–Trinajstić information content (AvgIpc) is 3.43. The second kappa shape index (κ2) is 11.1. The maximum absolute atomic E-state index is 13.0. The molecule has 1 aliphatic carbocycles. The number of nitrogens with one attached hydrogen (secondary N) is 1. The fourth-order valence-electron chi connectivity index (χ4n) is 4.52. The van der Waals surface area contributed by atoms with Gasteiger partial charge in [0.15, 0.2) is 11.0 Å². The maximum atomic E-state index is 13.0. The van der Waals surface area contributed by atoms with Crippen LogP contribution in [0.1, 0.15) is 61.8 Å². The summed E-state index contributed by atoms with van der Waals surface area (Å²) in [7, 11) is 0. The fourth-order valence-corrected chi connectivity index (χ4v) is 6.65. The van der Waals surface area contributed by atoms with E-state index in [0.29, 0.717) is 34.8 Å². The highest BCUT2D eigenvalue weighted by molar-refractivity contribution is 7.99. The molecular formula is C26H33N5O3S2. The Labute approximate surface area is 220 Å². The topological polar surface area (TPSA) is 99.0 Å². The van der Waals surface area contributed by atoms with E-state index in [1.54, 1.807) is 19.3 Å². The molecule has 3 heterocycles. The highest BCUT2D eigenvalue weighted by atomic mass is 32.2. The van der Waals surface area contributed by atoms with Crippen molar-refractivity contribution in [2.75, 3.05) is 17.7 Å². The van der Waals surface area contributed by atoms with Crippen LogP contribution >= 0.6 is 23.1 Å². The van der Waals surface area contributed by atoms with Gasteiger partial charge in [-0.2, -0.15) is 0 Å². The number of rotatable bonds is 8. The third kappa shape index (κ3) is 5.64. The van der Waals surface area contributed by atoms with Crippen LogP contribution < -0.4 is 5.32 Å². The van der Waals surface area contributed by atoms with Crippen molar-refractivity contribution in [3.8, 4) is 11.4 Å². The lowest BCUT2D eigenvalue weighted by Gasteiger charge is -2.33. The number of carbonyl (C=O) groups is 2. The third-order valence-corrected chi connectivity index (χ3v) is 8.66. The number of fused-ring (bicyclic) bond motifs is 1. The van der Waals surface area contributed by atoms with Gasteiger partial charge in [-0.1, -0.05) is 32.5 Å². The van der Waals surface area contributed by atoms with Gasteiger partial charge in [-0.3, -0.25) is 9.78 Å². The minimum Gasteiger partial charge on any atom is -0.462 e. The van der Waals surface area contributed by atoms with Gasteiger partial charge in [0.25, 0.3) is 0 Å². The summed E-state index contributed by atoms with van der Waals surface area (Å²) in [6, 6.07) is 3.77. The highest BCUT2D eigenvalue weighted by Gasteiger charge is 2.34. The molecule has 1 atom stereocenters. The zero-order valence-electron chi connectivity index (χ0n) is 21.5. The summed E-state index contributed by atoms with van der Waals surface area (Å²) in [5.74, 6) is 0.885. The molecule has 10 heteroatoms. The largest absolute Gasteiger partial charge is 0.462 e. The van der Waals surface area contributed by atoms with Crippen molar-refractivity contribution in [1.29, 1.82) is 0 Å². The van der Waals surface area contributed by atoms with E-state index in [1.165, 1.54) is 28.0 Å². The summed E-state index contributed by atoms with van der Waals surface area (Å²) >= 11 is 2.84. The summed E-state index contributed by atoms with van der Waals surface area (Å²) in [5, 5.41) is 12.9. The van der Waals surface area contributed by atoms with E-state index in [2.05, 4.69) is 41.3 Å². The number of thiophene rings is 1. The quantitative estimate of drug-likeness (QED) is 0.306. The van der Waals surface area contributed by atoms with Crippen LogP contribution in [0.4, 0.5) is 5.00 Å². The van der Waals surface area contributed by atoms with Gasteiger partial charge in [0, 0.05) is 29.4 Å². The number of pyridine rings is 1. The maximum Gasteiger partial charge on any atom is 0.341 e. The van der Waals surface area contributed by atoms with E-state index in [4.69, 9.17) is 4.74 Å². The molecule has 0 aromatic carbocycles. The number of carbonyl (C=O) groups excluding carboxylic acids is 2. The number of hydrogen-bond donors (Lipinski definition) is 1. The molecule has 0 spiro atoms. The zero-order chi connectivity index (χ0) is 25.9. The Balaban J connectivity index is 1.51. The molecule has 36 heavy (non-hydrogen) atoms. The van der Waals surface area contributed by atoms with E-state index in [1.807, 2.05) is 23.6 Å². The van der Waals surface area contributed by atoms with E-state index in [-0.39, 0.29) is 23.0 Å². The van der Waals surface area contributed by atoms with E-state index in [0.717, 1.165) is 36.2 Å². The van der Waals surface area contributed by atoms with Crippen LogP contribution in [0.25, 0.3) is 11.4 Å². The zero-order valence-corrected chi connectivity index (χ0v) is 23.1. The summed E-state index contributed by atoms with van der Waals surface area (Å²) in [4.78, 5) is 31.1. The summed E-state index contributed by atoms with van der Waals surface area (Å²) in [5.41, 5.74) is 2.68. The fraction of sp³-hybridized carbons (Fsp3) is 0.500. The monoisotopic (exact) mass is 527 g/mol. The molecule has 1 unspecified atom stereocenters. The molecule has 1 N–H and O–H groups in total. The van der Waals surface area contributed by atoms with Gasteiger partial charge in [0.1, 0.15) is 5.00 Å². The number of thioether (sulfide) groups is 1. The predicted molar refractivity (Wildman–Crippen MR) is 144 cm³/mol. The predicted octanol–water partition coefficient (Wildman–Crippen LogP) is 5.48. The van der Waals surface area contributed by atoms with Gasteiger partial charge in [-0.15, -0.1) is 21.5 Å². The Hall–Kier alpha value is -2.72. The van der Waals surface area contributed by atoms with Gasteiger partial charge in [0.2, 0.25) is 5.91 Å².